The number of allylic oxidation sites excluding steroid dienone is 6. The Morgan fingerprint density at radius 2 is 1.20 bits per heavy atom. The van der Waals surface area contributed by atoms with Crippen molar-refractivity contribution in [3.63, 3.8) is 0 Å². The van der Waals surface area contributed by atoms with E-state index >= 15 is 0 Å². The third-order valence-corrected chi connectivity index (χ3v) is 7.33. The fourth-order valence-corrected chi connectivity index (χ4v) is 4.58. The third kappa shape index (κ3) is 32.7. The first-order valence-electron chi connectivity index (χ1n) is 17.7. The minimum atomic E-state index is -1.01. The first kappa shape index (κ1) is 41.8. The molecule has 0 saturated carbocycles. The summed E-state index contributed by atoms with van der Waals surface area (Å²) in [4.78, 5) is 23.8. The number of hydrogen-bond donors (Lipinski definition) is 2. The van der Waals surface area contributed by atoms with Crippen LogP contribution in [0.15, 0.2) is 48.6 Å². The molecule has 2 atom stereocenters. The summed E-state index contributed by atoms with van der Waals surface area (Å²) in [5.41, 5.74) is 0. The van der Waals surface area contributed by atoms with E-state index in [4.69, 9.17) is 9.47 Å². The van der Waals surface area contributed by atoms with Gasteiger partial charge >= 0.3 is 11.9 Å². The molecule has 0 rings (SSSR count). The smallest absolute Gasteiger partial charge is 0.305 e. The highest BCUT2D eigenvalue weighted by molar-refractivity contribution is 5.69. The van der Waals surface area contributed by atoms with Crippen molar-refractivity contribution in [2.75, 3.05) is 13.2 Å². The summed E-state index contributed by atoms with van der Waals surface area (Å²) in [5, 5.41) is 20.0. The molecule has 0 aromatic carbocycles. The first-order valence-corrected chi connectivity index (χ1v) is 17.7. The SMILES string of the molecule is CCCCC/C=C\C/C=C\CC(O)/C=C\C=C\CCCC(=O)OC[C@H](O)COC(=O)CCCCCCCCCCCC(C)C. The van der Waals surface area contributed by atoms with Crippen molar-refractivity contribution in [1.29, 1.82) is 0 Å². The molecule has 0 aliphatic carbocycles. The van der Waals surface area contributed by atoms with Gasteiger partial charge in [0.25, 0.3) is 0 Å². The van der Waals surface area contributed by atoms with Crippen molar-refractivity contribution in [3.8, 4) is 0 Å². The lowest BCUT2D eigenvalue weighted by Gasteiger charge is -2.12. The maximum absolute atomic E-state index is 11.9. The monoisotopic (exact) mass is 618 g/mol. The zero-order valence-electron chi connectivity index (χ0n) is 28.4. The molecule has 0 spiro atoms. The molecule has 0 aromatic rings. The van der Waals surface area contributed by atoms with Crippen LogP contribution >= 0.6 is 0 Å². The van der Waals surface area contributed by atoms with Gasteiger partial charge in [-0.1, -0.05) is 140 Å². The predicted octanol–water partition coefficient (Wildman–Crippen LogP) is 9.50. The van der Waals surface area contributed by atoms with Crippen molar-refractivity contribution in [2.45, 2.75) is 161 Å². The molecule has 44 heavy (non-hydrogen) atoms. The number of carbonyl (C=O) groups is 2. The fraction of sp³-hybridized carbons (Fsp3) is 0.737. The molecule has 0 aliphatic rings. The van der Waals surface area contributed by atoms with E-state index in [1.165, 1.54) is 64.2 Å². The lowest BCUT2D eigenvalue weighted by atomic mass is 10.0. The van der Waals surface area contributed by atoms with E-state index in [0.717, 1.165) is 38.0 Å². The molecule has 0 aliphatic heterocycles. The van der Waals surface area contributed by atoms with Gasteiger partial charge in [-0.25, -0.2) is 0 Å². The molecule has 254 valence electrons. The van der Waals surface area contributed by atoms with Crippen molar-refractivity contribution in [2.24, 2.45) is 5.92 Å². The number of unbranched alkanes of at least 4 members (excludes halogenated alkanes) is 12. The molecule has 2 N–H and O–H groups in total. The Labute approximate surface area is 270 Å². The van der Waals surface area contributed by atoms with E-state index < -0.39 is 12.2 Å². The highest BCUT2D eigenvalue weighted by Crippen LogP contribution is 2.13. The molecular formula is C38H66O6. The Morgan fingerprint density at radius 3 is 1.84 bits per heavy atom. The second-order valence-electron chi connectivity index (χ2n) is 12.3. The van der Waals surface area contributed by atoms with Crippen LogP contribution in [0, 0.1) is 5.92 Å². The molecular weight excluding hydrogens is 552 g/mol. The zero-order chi connectivity index (χ0) is 32.5. The van der Waals surface area contributed by atoms with Gasteiger partial charge in [0.1, 0.15) is 19.3 Å². The molecule has 0 heterocycles. The van der Waals surface area contributed by atoms with Crippen molar-refractivity contribution in [3.05, 3.63) is 48.6 Å². The molecule has 0 fully saturated rings. The van der Waals surface area contributed by atoms with E-state index in [9.17, 15) is 19.8 Å². The van der Waals surface area contributed by atoms with E-state index in [1.54, 1.807) is 6.08 Å². The molecule has 0 amide bonds. The average molecular weight is 619 g/mol. The summed E-state index contributed by atoms with van der Waals surface area (Å²) in [6.07, 6.45) is 34.8. The zero-order valence-corrected chi connectivity index (χ0v) is 28.4. The number of esters is 2. The molecule has 6 heteroatoms. The van der Waals surface area contributed by atoms with E-state index in [2.05, 4.69) is 39.0 Å². The maximum Gasteiger partial charge on any atom is 0.305 e. The summed E-state index contributed by atoms with van der Waals surface area (Å²) in [5.74, 6) is 0.114. The Balaban J connectivity index is 3.67. The first-order chi connectivity index (χ1) is 21.3. The molecule has 6 nitrogen and oxygen atoms in total. The highest BCUT2D eigenvalue weighted by Gasteiger charge is 2.12. The van der Waals surface area contributed by atoms with Gasteiger partial charge < -0.3 is 19.7 Å². The van der Waals surface area contributed by atoms with Crippen molar-refractivity contribution >= 4 is 11.9 Å². The number of hydrogen-bond acceptors (Lipinski definition) is 6. The topological polar surface area (TPSA) is 93.1 Å². The molecule has 0 saturated heterocycles. The van der Waals surface area contributed by atoms with Crippen LogP contribution in [0.1, 0.15) is 149 Å². The Kier molecular flexibility index (Phi) is 30.6. The van der Waals surface area contributed by atoms with Crippen LogP contribution in [-0.4, -0.2) is 47.6 Å². The number of ether oxygens (including phenoxy) is 2. The van der Waals surface area contributed by atoms with Gasteiger partial charge in [-0.2, -0.15) is 0 Å². The Bertz CT molecular complexity index is 782. The van der Waals surface area contributed by atoms with Crippen molar-refractivity contribution in [1.82, 2.24) is 0 Å². The highest BCUT2D eigenvalue weighted by atomic mass is 16.6. The minimum Gasteiger partial charge on any atom is -0.463 e. The second-order valence-corrected chi connectivity index (χ2v) is 12.3. The van der Waals surface area contributed by atoms with Gasteiger partial charge in [0.05, 0.1) is 6.10 Å². The van der Waals surface area contributed by atoms with Crippen molar-refractivity contribution < 1.29 is 29.3 Å². The van der Waals surface area contributed by atoms with Gasteiger partial charge in [0, 0.05) is 12.8 Å². The minimum absolute atomic E-state index is 0.157. The largest absolute Gasteiger partial charge is 0.463 e. The van der Waals surface area contributed by atoms with Crippen LogP contribution < -0.4 is 0 Å². The van der Waals surface area contributed by atoms with E-state index in [1.807, 2.05) is 24.3 Å². The van der Waals surface area contributed by atoms with Crippen LogP contribution in [0.2, 0.25) is 0 Å². The van der Waals surface area contributed by atoms with Gasteiger partial charge in [-0.05, 0) is 50.9 Å². The lowest BCUT2D eigenvalue weighted by Crippen LogP contribution is -2.25. The molecule has 0 bridgehead atoms. The normalized spacial score (nSPS) is 13.6. The number of carbonyl (C=O) groups excluding carboxylic acids is 2. The standard InChI is InChI=1S/C38H66O6/c1-4-5-6-7-8-10-14-18-23-28-35(39)29-24-19-16-21-26-31-38(42)44-33-36(40)32-43-37(41)30-25-20-15-12-9-11-13-17-22-27-34(2)3/h8,10,16,18-19,23-24,29,34-36,39-40H,4-7,9,11-15,17,20-22,25-28,30-33H2,1-3H3/b10-8-,19-16+,23-18-,29-24-/t35?,36-/m1/s1. The Morgan fingerprint density at radius 1 is 0.636 bits per heavy atom. The van der Waals surface area contributed by atoms with Gasteiger partial charge in [0.2, 0.25) is 0 Å². The van der Waals surface area contributed by atoms with Gasteiger partial charge in [0.15, 0.2) is 0 Å². The van der Waals surface area contributed by atoms with Gasteiger partial charge in [-0.3, -0.25) is 9.59 Å². The van der Waals surface area contributed by atoms with Crippen LogP contribution in [0.4, 0.5) is 0 Å². The number of rotatable bonds is 30. The predicted molar refractivity (Wildman–Crippen MR) is 183 cm³/mol. The van der Waals surface area contributed by atoms with E-state index in [-0.39, 0.29) is 31.6 Å². The van der Waals surface area contributed by atoms with Crippen LogP contribution in [-0.2, 0) is 19.1 Å². The third-order valence-electron chi connectivity index (χ3n) is 7.33. The summed E-state index contributed by atoms with van der Waals surface area (Å²) >= 11 is 0. The molecule has 0 radical (unpaired) electrons. The summed E-state index contributed by atoms with van der Waals surface area (Å²) in [6, 6.07) is 0. The number of aliphatic hydroxyl groups is 2. The number of aliphatic hydroxyl groups excluding tert-OH is 2. The molecule has 0 aromatic heterocycles. The van der Waals surface area contributed by atoms with Crippen LogP contribution in [0.5, 0.6) is 0 Å². The van der Waals surface area contributed by atoms with Crippen LogP contribution in [0.3, 0.4) is 0 Å². The Hall–Kier alpha value is -2.18. The average Bonchev–Trinajstić information content (AvgIpc) is 3.00. The summed E-state index contributed by atoms with van der Waals surface area (Å²) < 4.78 is 10.2. The molecule has 1 unspecified atom stereocenters. The summed E-state index contributed by atoms with van der Waals surface area (Å²) in [6.45, 7) is 6.44. The second kappa shape index (κ2) is 32.2. The van der Waals surface area contributed by atoms with Gasteiger partial charge in [-0.15, -0.1) is 0 Å². The summed E-state index contributed by atoms with van der Waals surface area (Å²) in [7, 11) is 0. The fourth-order valence-electron chi connectivity index (χ4n) is 4.58. The lowest BCUT2D eigenvalue weighted by molar-refractivity contribution is -0.152. The maximum atomic E-state index is 11.9. The quantitative estimate of drug-likeness (QED) is 0.0360. The van der Waals surface area contributed by atoms with Crippen LogP contribution in [0.25, 0.3) is 0 Å². The van der Waals surface area contributed by atoms with E-state index in [0.29, 0.717) is 25.7 Å².